The highest BCUT2D eigenvalue weighted by atomic mass is 32.2. The Kier molecular flexibility index (Phi) is 4.88. The monoisotopic (exact) mass is 386 g/mol. The summed E-state index contributed by atoms with van der Waals surface area (Å²) in [5.74, 6) is 1.28. The van der Waals surface area contributed by atoms with Crippen molar-refractivity contribution in [3.05, 3.63) is 59.7 Å². The lowest BCUT2D eigenvalue weighted by molar-refractivity contribution is -0.918. The molecule has 1 fully saturated rings. The maximum atomic E-state index is 12.3. The van der Waals surface area contributed by atoms with Gasteiger partial charge < -0.3 is 9.64 Å². The molecule has 0 unspecified atom stereocenters. The van der Waals surface area contributed by atoms with E-state index in [2.05, 4.69) is 16.9 Å². The molecule has 1 atom stereocenters. The highest BCUT2D eigenvalue weighted by Gasteiger charge is 2.32. The van der Waals surface area contributed by atoms with E-state index in [-0.39, 0.29) is 6.04 Å². The van der Waals surface area contributed by atoms with Crippen LogP contribution in [0, 0.1) is 0 Å². The maximum Gasteiger partial charge on any atom is 0.263 e. The lowest BCUT2D eigenvalue weighted by Crippen LogP contribution is -3.10. The van der Waals surface area contributed by atoms with E-state index in [9.17, 15) is 8.42 Å². The minimum Gasteiger partial charge on any atom is -0.497 e. The fourth-order valence-corrected chi connectivity index (χ4v) is 5.17. The molecule has 2 aliphatic rings. The fraction of sp³-hybridized carbons (Fsp3) is 0.350. The molecule has 0 aromatic heterocycles. The molecule has 6 nitrogen and oxygen atoms in total. The van der Waals surface area contributed by atoms with Crippen molar-refractivity contribution in [1.82, 2.24) is 4.72 Å². The van der Waals surface area contributed by atoms with Crippen LogP contribution in [0.5, 0.6) is 5.75 Å². The van der Waals surface area contributed by atoms with Crippen molar-refractivity contribution >= 4 is 15.9 Å². The van der Waals surface area contributed by atoms with E-state index in [1.54, 1.807) is 25.3 Å². The van der Waals surface area contributed by atoms with Crippen LogP contribution in [0.3, 0.4) is 0 Å². The summed E-state index contributed by atoms with van der Waals surface area (Å²) < 4.78 is 32.5. The van der Waals surface area contributed by atoms with Crippen LogP contribution in [-0.4, -0.2) is 41.0 Å². The van der Waals surface area contributed by atoms with Gasteiger partial charge in [-0.2, -0.15) is 0 Å². The zero-order valence-corrected chi connectivity index (χ0v) is 16.1. The first kappa shape index (κ1) is 18.0. The normalized spacial score (nSPS) is 21.0. The summed E-state index contributed by atoms with van der Waals surface area (Å²) in [6.07, 6.45) is 2.43. The van der Waals surface area contributed by atoms with Crippen molar-refractivity contribution in [2.24, 2.45) is 4.99 Å². The molecular formula is C20H24N3O3S+. The number of nitrogens with zero attached hydrogens (tertiary/aromatic N) is 1. The van der Waals surface area contributed by atoms with E-state index >= 15 is 0 Å². The molecule has 7 heteroatoms. The number of rotatable bonds is 5. The number of benzene rings is 2. The molecule has 2 aromatic rings. The lowest BCUT2D eigenvalue weighted by Gasteiger charge is -2.24. The number of aliphatic imine (C=N–C) groups is 1. The number of fused-ring (bicyclic) bond motifs is 1. The predicted molar refractivity (Wildman–Crippen MR) is 104 cm³/mol. The Bertz CT molecular complexity index is 949. The van der Waals surface area contributed by atoms with E-state index in [0.29, 0.717) is 22.8 Å². The molecule has 2 aliphatic heterocycles. The van der Waals surface area contributed by atoms with Gasteiger partial charge in [0.1, 0.15) is 17.6 Å². The van der Waals surface area contributed by atoms with Gasteiger partial charge >= 0.3 is 0 Å². The average molecular weight is 386 g/mol. The van der Waals surface area contributed by atoms with Gasteiger partial charge in [-0.15, -0.1) is 0 Å². The summed E-state index contributed by atoms with van der Waals surface area (Å²) in [6, 6.07) is 15.3. The molecule has 0 radical (unpaired) electrons. The molecule has 4 rings (SSSR count). The van der Waals surface area contributed by atoms with Gasteiger partial charge in [0.15, 0.2) is 0 Å². The largest absolute Gasteiger partial charge is 0.497 e. The second-order valence-electron chi connectivity index (χ2n) is 6.98. The van der Waals surface area contributed by atoms with Crippen LogP contribution in [0.1, 0.15) is 30.0 Å². The zero-order chi connectivity index (χ0) is 18.9. The van der Waals surface area contributed by atoms with Crippen molar-refractivity contribution in [2.45, 2.75) is 23.8 Å². The van der Waals surface area contributed by atoms with E-state index in [1.165, 1.54) is 23.3 Å². The van der Waals surface area contributed by atoms with E-state index in [1.807, 2.05) is 18.2 Å². The summed E-state index contributed by atoms with van der Waals surface area (Å²) in [4.78, 5) is 6.50. The van der Waals surface area contributed by atoms with Crippen LogP contribution in [0.2, 0.25) is 0 Å². The molecule has 0 spiro atoms. The number of amidine groups is 1. The van der Waals surface area contributed by atoms with Gasteiger partial charge in [0.2, 0.25) is 0 Å². The van der Waals surface area contributed by atoms with E-state index in [0.717, 1.165) is 18.8 Å². The summed E-state index contributed by atoms with van der Waals surface area (Å²) in [6.45, 7) is 2.77. The second kappa shape index (κ2) is 7.32. The third-order valence-corrected chi connectivity index (χ3v) is 6.75. The first-order valence-electron chi connectivity index (χ1n) is 9.24. The van der Waals surface area contributed by atoms with Gasteiger partial charge in [-0.3, -0.25) is 9.71 Å². The molecule has 2 heterocycles. The minimum atomic E-state index is -3.50. The van der Waals surface area contributed by atoms with Gasteiger partial charge in [-0.05, 0) is 36.4 Å². The van der Waals surface area contributed by atoms with Gasteiger partial charge in [0, 0.05) is 24.0 Å². The van der Waals surface area contributed by atoms with Crippen molar-refractivity contribution in [3.63, 3.8) is 0 Å². The molecule has 0 aliphatic carbocycles. The number of methoxy groups -OCH3 is 1. The molecule has 2 aromatic carbocycles. The van der Waals surface area contributed by atoms with Crippen LogP contribution in [-0.2, 0) is 10.0 Å². The average Bonchev–Trinajstić information content (AvgIpc) is 3.30. The van der Waals surface area contributed by atoms with Crippen LogP contribution in [0.15, 0.2) is 58.4 Å². The van der Waals surface area contributed by atoms with E-state index < -0.39 is 10.0 Å². The Balaban J connectivity index is 1.63. The van der Waals surface area contributed by atoms with Crippen molar-refractivity contribution in [3.8, 4) is 5.75 Å². The first-order valence-corrected chi connectivity index (χ1v) is 10.7. The predicted octanol–water partition coefficient (Wildman–Crippen LogP) is 1.15. The lowest BCUT2D eigenvalue weighted by atomic mass is 10.1. The molecule has 1 saturated heterocycles. The van der Waals surface area contributed by atoms with E-state index in [4.69, 9.17) is 9.73 Å². The molecule has 2 N–H and O–H groups in total. The maximum absolute atomic E-state index is 12.3. The van der Waals surface area contributed by atoms with Crippen molar-refractivity contribution in [1.29, 1.82) is 0 Å². The Morgan fingerprint density at radius 1 is 1.11 bits per heavy atom. The summed E-state index contributed by atoms with van der Waals surface area (Å²) in [5.41, 5.74) is 1.86. The number of nitrogens with one attached hydrogen (secondary N) is 2. The highest BCUT2D eigenvalue weighted by molar-refractivity contribution is 7.90. The number of hydrogen-bond donors (Lipinski definition) is 2. The molecule has 142 valence electrons. The Labute approximate surface area is 159 Å². The van der Waals surface area contributed by atoms with Gasteiger partial charge in [-0.1, -0.05) is 12.1 Å². The quantitative estimate of drug-likeness (QED) is 0.810. The molecule has 0 bridgehead atoms. The number of hydrogen-bond acceptors (Lipinski definition) is 4. The summed E-state index contributed by atoms with van der Waals surface area (Å²) in [5, 5.41) is 0. The third kappa shape index (κ3) is 3.57. The number of likely N-dealkylation sites (tertiary alicyclic amines) is 1. The van der Waals surface area contributed by atoms with Gasteiger partial charge in [0.05, 0.1) is 31.6 Å². The number of ether oxygens (including phenoxy) is 1. The smallest absolute Gasteiger partial charge is 0.263 e. The Morgan fingerprint density at radius 2 is 1.81 bits per heavy atom. The molecular weight excluding hydrogens is 362 g/mol. The number of sulfonamides is 1. The van der Waals surface area contributed by atoms with Crippen LogP contribution in [0.25, 0.3) is 0 Å². The third-order valence-electron chi connectivity index (χ3n) is 5.35. The molecule has 27 heavy (non-hydrogen) atoms. The molecule has 0 amide bonds. The van der Waals surface area contributed by atoms with Gasteiger partial charge in [-0.25, -0.2) is 8.42 Å². The Hall–Kier alpha value is -2.38. The van der Waals surface area contributed by atoms with Crippen molar-refractivity contribution in [2.75, 3.05) is 26.7 Å². The second-order valence-corrected chi connectivity index (χ2v) is 8.63. The first-order chi connectivity index (χ1) is 13.1. The highest BCUT2D eigenvalue weighted by Crippen LogP contribution is 2.23. The molecule has 0 saturated carbocycles. The number of quaternary nitrogens is 1. The SMILES string of the molecule is COc1ccc([C@@H](CN=C2NS(=O)(=O)c3ccccc32)[NH+]2CCCC2)cc1. The van der Waals surface area contributed by atoms with Crippen molar-refractivity contribution < 1.29 is 18.1 Å². The van der Waals surface area contributed by atoms with Crippen LogP contribution in [0.4, 0.5) is 0 Å². The van der Waals surface area contributed by atoms with Crippen LogP contribution >= 0.6 is 0 Å². The minimum absolute atomic E-state index is 0.197. The summed E-state index contributed by atoms with van der Waals surface area (Å²) in [7, 11) is -1.84. The Morgan fingerprint density at radius 3 is 2.52 bits per heavy atom. The zero-order valence-electron chi connectivity index (χ0n) is 15.3. The van der Waals surface area contributed by atoms with Crippen LogP contribution < -0.4 is 14.4 Å². The van der Waals surface area contributed by atoms with Gasteiger partial charge in [0.25, 0.3) is 10.0 Å². The standard InChI is InChI=1S/C20H23N3O3S/c1-26-16-10-8-15(9-11-16)18(23-12-4-5-13-23)14-21-20-17-6-2-3-7-19(17)27(24,25)22-20/h2-3,6-11,18H,4-5,12-14H2,1H3,(H,21,22)/p+1/t18-/m1/s1. The fourth-order valence-electron chi connectivity index (χ4n) is 3.92. The summed E-state index contributed by atoms with van der Waals surface area (Å²) >= 11 is 0. The topological polar surface area (TPSA) is 72.2 Å².